The zero-order chi connectivity index (χ0) is 34.6. The summed E-state index contributed by atoms with van der Waals surface area (Å²) >= 11 is 0. The van der Waals surface area contributed by atoms with Crippen LogP contribution in [0.25, 0.3) is 0 Å². The molecule has 0 saturated carbocycles. The molecule has 4 rings (SSSR count). The van der Waals surface area contributed by atoms with Crippen molar-refractivity contribution < 1.29 is 42.2 Å². The highest BCUT2D eigenvalue weighted by Crippen LogP contribution is 2.25. The molecule has 3 aromatic carbocycles. The van der Waals surface area contributed by atoms with Crippen molar-refractivity contribution in [1.82, 2.24) is 15.5 Å². The Balaban J connectivity index is 0.000000771. The zero-order valence-electron chi connectivity index (χ0n) is 26.1. The third-order valence-electron chi connectivity index (χ3n) is 7.20. The highest BCUT2D eigenvalue weighted by atomic mass is 19.4. The summed E-state index contributed by atoms with van der Waals surface area (Å²) in [5.74, 6) is -4.03. The van der Waals surface area contributed by atoms with E-state index in [1.54, 1.807) is 18.7 Å². The van der Waals surface area contributed by atoms with Gasteiger partial charge in [-0.3, -0.25) is 14.4 Å². The number of nitrogens with one attached hydrogen (secondary N) is 2. The van der Waals surface area contributed by atoms with E-state index in [0.717, 1.165) is 16.7 Å². The van der Waals surface area contributed by atoms with Gasteiger partial charge in [0.15, 0.2) is 0 Å². The second-order valence-electron chi connectivity index (χ2n) is 11.6. The minimum Gasteiger partial charge on any atom is -0.475 e. The number of halogens is 3. The third kappa shape index (κ3) is 11.5. The minimum atomic E-state index is -5.08. The number of hydrogen-bond donors (Lipinski definition) is 4. The number of carbonyl (C=O) groups is 4. The summed E-state index contributed by atoms with van der Waals surface area (Å²) in [6, 6.07) is 27.8. The number of ether oxygens (including phenoxy) is 1. The van der Waals surface area contributed by atoms with Crippen molar-refractivity contribution in [2.75, 3.05) is 19.7 Å². The molecule has 1 saturated heterocycles. The molecule has 0 bridgehead atoms. The van der Waals surface area contributed by atoms with Gasteiger partial charge in [-0.05, 0) is 37.0 Å². The number of nitrogens with zero attached hydrogens (tertiary/aromatic N) is 1. The van der Waals surface area contributed by atoms with Crippen LogP contribution in [-0.2, 0) is 30.5 Å². The van der Waals surface area contributed by atoms with Crippen molar-refractivity contribution >= 4 is 23.7 Å². The van der Waals surface area contributed by atoms with Crippen LogP contribution in [-0.4, -0.2) is 77.2 Å². The van der Waals surface area contributed by atoms with Crippen molar-refractivity contribution in [1.29, 1.82) is 0 Å². The van der Waals surface area contributed by atoms with E-state index in [9.17, 15) is 27.6 Å². The first kappa shape index (κ1) is 36.7. The van der Waals surface area contributed by atoms with Gasteiger partial charge < -0.3 is 31.1 Å². The standard InChI is InChI=1S/C32H38N4O4.C2HF3O2/c1-32(2,33)31(39)35-27(22-40-21-23-12-6-3-7-13-23)30(38)36-19-18-26(20-36)34-29(37)28(24-14-8-4-9-15-24)25-16-10-5-11-17-25;3-2(4,5)1(6)7/h3-17,26-28H,18-22,33H2,1-2H3,(H,34,37)(H,35,39);(H,6,7). The molecule has 5 N–H and O–H groups in total. The molecule has 1 aliphatic heterocycles. The van der Waals surface area contributed by atoms with Gasteiger partial charge in [0.2, 0.25) is 17.7 Å². The van der Waals surface area contributed by atoms with Crippen molar-refractivity contribution in [2.45, 2.75) is 56.6 Å². The largest absolute Gasteiger partial charge is 0.490 e. The molecule has 47 heavy (non-hydrogen) atoms. The summed E-state index contributed by atoms with van der Waals surface area (Å²) in [6.45, 7) is 4.30. The second kappa shape index (κ2) is 16.7. The Morgan fingerprint density at radius 1 is 0.915 bits per heavy atom. The molecule has 13 heteroatoms. The van der Waals surface area contributed by atoms with Crippen LogP contribution in [0.4, 0.5) is 13.2 Å². The van der Waals surface area contributed by atoms with Gasteiger partial charge in [0.25, 0.3) is 0 Å². The van der Waals surface area contributed by atoms with Crippen LogP contribution < -0.4 is 16.4 Å². The Kier molecular flexibility index (Phi) is 13.0. The first-order chi connectivity index (χ1) is 22.2. The molecule has 10 nitrogen and oxygen atoms in total. The number of rotatable bonds is 11. The van der Waals surface area contributed by atoms with Gasteiger partial charge in [-0.2, -0.15) is 13.2 Å². The average molecular weight is 657 g/mol. The van der Waals surface area contributed by atoms with Crippen LogP contribution in [0, 0.1) is 0 Å². The van der Waals surface area contributed by atoms with E-state index >= 15 is 0 Å². The predicted molar refractivity (Wildman–Crippen MR) is 168 cm³/mol. The molecule has 3 aromatic rings. The van der Waals surface area contributed by atoms with Crippen molar-refractivity contribution in [3.63, 3.8) is 0 Å². The first-order valence-corrected chi connectivity index (χ1v) is 14.9. The number of nitrogens with two attached hydrogens (primary N) is 1. The van der Waals surface area contributed by atoms with Gasteiger partial charge >= 0.3 is 12.1 Å². The molecule has 252 valence electrons. The number of carboxylic acid groups (broad SMARTS) is 1. The summed E-state index contributed by atoms with van der Waals surface area (Å²) < 4.78 is 37.6. The molecule has 1 fully saturated rings. The summed E-state index contributed by atoms with van der Waals surface area (Å²) in [4.78, 5) is 50.3. The summed E-state index contributed by atoms with van der Waals surface area (Å²) in [5.41, 5.74) is 7.60. The van der Waals surface area contributed by atoms with E-state index in [-0.39, 0.29) is 24.5 Å². The number of likely N-dealkylation sites (tertiary alicyclic amines) is 1. The van der Waals surface area contributed by atoms with Crippen LogP contribution in [0.15, 0.2) is 91.0 Å². The molecule has 1 aliphatic rings. The average Bonchev–Trinajstić information content (AvgIpc) is 3.49. The highest BCUT2D eigenvalue weighted by Gasteiger charge is 2.38. The second-order valence-corrected chi connectivity index (χ2v) is 11.6. The molecular weight excluding hydrogens is 617 g/mol. The molecule has 0 spiro atoms. The fourth-order valence-corrected chi connectivity index (χ4v) is 4.76. The van der Waals surface area contributed by atoms with E-state index in [2.05, 4.69) is 10.6 Å². The van der Waals surface area contributed by atoms with Gasteiger partial charge in [0, 0.05) is 19.1 Å². The van der Waals surface area contributed by atoms with Crippen molar-refractivity contribution in [3.8, 4) is 0 Å². The quantitative estimate of drug-likeness (QED) is 0.246. The molecule has 2 atom stereocenters. The molecular formula is C34H39F3N4O6. The first-order valence-electron chi connectivity index (χ1n) is 14.9. The van der Waals surface area contributed by atoms with E-state index in [0.29, 0.717) is 26.1 Å². The van der Waals surface area contributed by atoms with E-state index < -0.39 is 35.6 Å². The fourth-order valence-electron chi connectivity index (χ4n) is 4.76. The maximum absolute atomic E-state index is 13.5. The Hall–Kier alpha value is -4.75. The van der Waals surface area contributed by atoms with Crippen LogP contribution in [0.2, 0.25) is 0 Å². The topological polar surface area (TPSA) is 151 Å². The van der Waals surface area contributed by atoms with E-state index in [1.165, 1.54) is 0 Å². The molecule has 2 unspecified atom stereocenters. The summed E-state index contributed by atoms with van der Waals surface area (Å²) in [6.07, 6.45) is -4.47. The normalized spacial score (nSPS) is 15.3. The number of benzene rings is 3. The van der Waals surface area contributed by atoms with E-state index in [1.807, 2.05) is 91.0 Å². The Bertz CT molecular complexity index is 1430. The lowest BCUT2D eigenvalue weighted by atomic mass is 9.90. The Labute approximate surface area is 271 Å². The molecule has 0 radical (unpaired) electrons. The number of amides is 3. The number of carboxylic acids is 1. The maximum atomic E-state index is 13.5. The predicted octanol–water partition coefficient (Wildman–Crippen LogP) is 3.61. The van der Waals surface area contributed by atoms with Crippen LogP contribution in [0.5, 0.6) is 0 Å². The van der Waals surface area contributed by atoms with Gasteiger partial charge in [0.1, 0.15) is 6.04 Å². The van der Waals surface area contributed by atoms with Crippen LogP contribution >= 0.6 is 0 Å². The lowest BCUT2D eigenvalue weighted by Crippen LogP contribution is -2.57. The fraction of sp³-hybridized carbons (Fsp3) is 0.353. The van der Waals surface area contributed by atoms with Gasteiger partial charge in [0.05, 0.1) is 24.7 Å². The van der Waals surface area contributed by atoms with Crippen molar-refractivity contribution in [2.24, 2.45) is 5.73 Å². The zero-order valence-corrected chi connectivity index (χ0v) is 26.1. The van der Waals surface area contributed by atoms with E-state index in [4.69, 9.17) is 20.4 Å². The lowest BCUT2D eigenvalue weighted by molar-refractivity contribution is -0.192. The molecule has 0 aliphatic carbocycles. The molecule has 1 heterocycles. The minimum absolute atomic E-state index is 0.00710. The number of carbonyl (C=O) groups excluding carboxylic acids is 3. The van der Waals surface area contributed by atoms with Crippen LogP contribution in [0.3, 0.4) is 0 Å². The SMILES string of the molecule is CC(C)(N)C(=O)NC(COCc1ccccc1)C(=O)N1CCC(NC(=O)C(c2ccccc2)c2ccccc2)C1.O=C(O)C(F)(F)F. The molecule has 0 aromatic heterocycles. The Morgan fingerprint density at radius 2 is 1.40 bits per heavy atom. The number of hydrogen-bond acceptors (Lipinski definition) is 6. The number of alkyl halides is 3. The highest BCUT2D eigenvalue weighted by molar-refractivity contribution is 5.92. The van der Waals surface area contributed by atoms with Gasteiger partial charge in [-0.25, -0.2) is 4.79 Å². The monoisotopic (exact) mass is 656 g/mol. The summed E-state index contributed by atoms with van der Waals surface area (Å²) in [7, 11) is 0. The number of aliphatic carboxylic acids is 1. The Morgan fingerprint density at radius 3 is 1.87 bits per heavy atom. The van der Waals surface area contributed by atoms with Gasteiger partial charge in [-0.1, -0.05) is 91.0 Å². The smallest absolute Gasteiger partial charge is 0.475 e. The van der Waals surface area contributed by atoms with Crippen LogP contribution in [0.1, 0.15) is 42.9 Å². The maximum Gasteiger partial charge on any atom is 0.490 e. The molecule has 3 amide bonds. The van der Waals surface area contributed by atoms with Gasteiger partial charge in [-0.15, -0.1) is 0 Å². The van der Waals surface area contributed by atoms with Crippen molar-refractivity contribution in [3.05, 3.63) is 108 Å². The summed E-state index contributed by atoms with van der Waals surface area (Å²) in [5, 5.41) is 13.1. The lowest BCUT2D eigenvalue weighted by Gasteiger charge is -2.27. The third-order valence-corrected chi connectivity index (χ3v) is 7.20.